The third-order valence-electron chi connectivity index (χ3n) is 2.08. The topological polar surface area (TPSA) is 49.5 Å². The maximum Gasteiger partial charge on any atom is 0.107 e. The highest BCUT2D eigenvalue weighted by Gasteiger charge is 2.12. The minimum Gasteiger partial charge on any atom is -0.395 e. The van der Waals surface area contributed by atoms with Gasteiger partial charge in [0, 0.05) is 19.3 Å². The minimum atomic E-state index is 0.0692. The van der Waals surface area contributed by atoms with Gasteiger partial charge in [-0.2, -0.15) is 0 Å². The summed E-state index contributed by atoms with van der Waals surface area (Å²) >= 11 is 11.0. The summed E-state index contributed by atoms with van der Waals surface area (Å²) < 4.78 is 0. The molecule has 3 N–H and O–H groups in total. The number of benzene rings is 1. The van der Waals surface area contributed by atoms with Crippen LogP contribution in [0.2, 0.25) is 5.02 Å². The fraction of sp³-hybridized carbons (Fsp3) is 0.300. The van der Waals surface area contributed by atoms with E-state index >= 15 is 0 Å². The number of hydrogen-bond acceptors (Lipinski definition) is 3. The first kappa shape index (κ1) is 12.2. The van der Waals surface area contributed by atoms with Gasteiger partial charge in [0.2, 0.25) is 0 Å². The Morgan fingerprint density at radius 3 is 2.80 bits per heavy atom. The van der Waals surface area contributed by atoms with Crippen LogP contribution in [0.3, 0.4) is 0 Å². The van der Waals surface area contributed by atoms with Crippen LogP contribution in [0.1, 0.15) is 5.56 Å². The number of rotatable bonds is 4. The summed E-state index contributed by atoms with van der Waals surface area (Å²) in [4.78, 5) is 2.13. The van der Waals surface area contributed by atoms with E-state index in [9.17, 15) is 0 Å². The molecule has 0 heterocycles. The lowest BCUT2D eigenvalue weighted by Gasteiger charge is -2.21. The average Bonchev–Trinajstić information content (AvgIpc) is 2.17. The van der Waals surface area contributed by atoms with Gasteiger partial charge >= 0.3 is 0 Å². The van der Waals surface area contributed by atoms with Crippen molar-refractivity contribution in [2.45, 2.75) is 0 Å². The molecule has 0 fully saturated rings. The molecule has 0 radical (unpaired) electrons. The highest BCUT2D eigenvalue weighted by molar-refractivity contribution is 7.80. The lowest BCUT2D eigenvalue weighted by molar-refractivity contribution is 0.304. The normalized spacial score (nSPS) is 10.1. The molecule has 0 saturated carbocycles. The Morgan fingerprint density at radius 1 is 1.60 bits per heavy atom. The molecule has 82 valence electrons. The Kier molecular flexibility index (Phi) is 4.32. The number of likely N-dealkylation sites (N-methyl/N-ethyl adjacent to an activating group) is 1. The molecule has 1 aromatic carbocycles. The number of hydrogen-bond donors (Lipinski definition) is 2. The van der Waals surface area contributed by atoms with Crippen molar-refractivity contribution in [3.8, 4) is 0 Å². The van der Waals surface area contributed by atoms with Crippen molar-refractivity contribution in [3.63, 3.8) is 0 Å². The van der Waals surface area contributed by atoms with Gasteiger partial charge in [0.1, 0.15) is 4.99 Å². The lowest BCUT2D eigenvalue weighted by Crippen LogP contribution is -2.25. The van der Waals surface area contributed by atoms with Gasteiger partial charge in [-0.15, -0.1) is 0 Å². The fourth-order valence-corrected chi connectivity index (χ4v) is 1.89. The second kappa shape index (κ2) is 5.30. The Morgan fingerprint density at radius 2 is 2.27 bits per heavy atom. The molecule has 15 heavy (non-hydrogen) atoms. The zero-order chi connectivity index (χ0) is 11.4. The first-order valence-corrected chi connectivity index (χ1v) is 5.27. The minimum absolute atomic E-state index is 0.0692. The molecule has 0 spiro atoms. The number of halogens is 1. The van der Waals surface area contributed by atoms with Crippen molar-refractivity contribution in [1.29, 1.82) is 0 Å². The first-order chi connectivity index (χ1) is 7.07. The van der Waals surface area contributed by atoms with Crippen LogP contribution in [0, 0.1) is 0 Å². The van der Waals surface area contributed by atoms with Gasteiger partial charge in [0.15, 0.2) is 0 Å². The van der Waals surface area contributed by atoms with Gasteiger partial charge in [0.05, 0.1) is 17.2 Å². The quantitative estimate of drug-likeness (QED) is 0.787. The smallest absolute Gasteiger partial charge is 0.107 e. The van der Waals surface area contributed by atoms with Crippen LogP contribution in [0.25, 0.3) is 0 Å². The summed E-state index contributed by atoms with van der Waals surface area (Å²) in [5.41, 5.74) is 7.10. The molecule has 0 saturated heterocycles. The second-order valence-electron chi connectivity index (χ2n) is 3.14. The van der Waals surface area contributed by atoms with Gasteiger partial charge < -0.3 is 15.7 Å². The van der Waals surface area contributed by atoms with Gasteiger partial charge in [-0.1, -0.05) is 29.9 Å². The fourth-order valence-electron chi connectivity index (χ4n) is 1.35. The molecule has 3 nitrogen and oxygen atoms in total. The Hall–Kier alpha value is -0.840. The summed E-state index contributed by atoms with van der Waals surface area (Å²) in [6, 6.07) is 5.44. The molecule has 0 aliphatic carbocycles. The van der Waals surface area contributed by atoms with Gasteiger partial charge in [-0.25, -0.2) is 0 Å². The van der Waals surface area contributed by atoms with E-state index in [4.69, 9.17) is 34.7 Å². The van der Waals surface area contributed by atoms with Crippen molar-refractivity contribution in [1.82, 2.24) is 0 Å². The monoisotopic (exact) mass is 244 g/mol. The third-order valence-corrected chi connectivity index (χ3v) is 2.60. The van der Waals surface area contributed by atoms with Crippen LogP contribution in [0.5, 0.6) is 0 Å². The average molecular weight is 245 g/mol. The van der Waals surface area contributed by atoms with Crippen LogP contribution >= 0.6 is 23.8 Å². The summed E-state index contributed by atoms with van der Waals surface area (Å²) in [6.45, 7) is 0.579. The van der Waals surface area contributed by atoms with Crippen LogP contribution in [0.4, 0.5) is 5.69 Å². The standard InChI is InChI=1S/C10H13ClN2OS/c1-13(5-6-14)8-4-2-3-7(11)9(8)10(12)15/h2-4,14H,5-6H2,1H3,(H2,12,15). The molecular weight excluding hydrogens is 232 g/mol. The summed E-state index contributed by atoms with van der Waals surface area (Å²) in [7, 11) is 1.85. The number of thiocarbonyl (C=S) groups is 1. The van der Waals surface area contributed by atoms with Crippen LogP contribution < -0.4 is 10.6 Å². The number of aliphatic hydroxyl groups excluding tert-OH is 1. The van der Waals surface area contributed by atoms with Crippen molar-refractivity contribution < 1.29 is 5.11 Å². The molecule has 0 atom stereocenters. The van der Waals surface area contributed by atoms with E-state index in [1.807, 2.05) is 24.1 Å². The predicted molar refractivity (Wildman–Crippen MR) is 67.7 cm³/mol. The molecule has 0 bridgehead atoms. The predicted octanol–water partition coefficient (Wildman–Crippen LogP) is 1.40. The molecule has 1 rings (SSSR count). The zero-order valence-electron chi connectivity index (χ0n) is 8.40. The zero-order valence-corrected chi connectivity index (χ0v) is 9.98. The first-order valence-electron chi connectivity index (χ1n) is 4.48. The molecular formula is C10H13ClN2OS. The van der Waals surface area contributed by atoms with E-state index in [1.54, 1.807) is 6.07 Å². The summed E-state index contributed by atoms with van der Waals surface area (Å²) in [5, 5.41) is 9.39. The maximum absolute atomic E-state index is 8.86. The van der Waals surface area contributed by atoms with Crippen molar-refractivity contribution in [2.24, 2.45) is 5.73 Å². The molecule has 5 heteroatoms. The van der Waals surface area contributed by atoms with Crippen LogP contribution in [-0.2, 0) is 0 Å². The number of nitrogens with two attached hydrogens (primary N) is 1. The summed E-state index contributed by atoms with van der Waals surface area (Å²) in [6.07, 6.45) is 0. The highest BCUT2D eigenvalue weighted by Crippen LogP contribution is 2.26. The Bertz CT molecular complexity index is 370. The molecule has 0 amide bonds. The SMILES string of the molecule is CN(CCO)c1cccc(Cl)c1C(N)=S. The highest BCUT2D eigenvalue weighted by atomic mass is 35.5. The van der Waals surface area contributed by atoms with Gasteiger partial charge in [0.25, 0.3) is 0 Å². The maximum atomic E-state index is 8.86. The number of aliphatic hydroxyl groups is 1. The van der Waals surface area contributed by atoms with Crippen molar-refractivity contribution in [3.05, 3.63) is 28.8 Å². The molecule has 0 unspecified atom stereocenters. The van der Waals surface area contributed by atoms with E-state index in [2.05, 4.69) is 0 Å². The van der Waals surface area contributed by atoms with E-state index < -0.39 is 0 Å². The molecule has 0 aliphatic rings. The van der Waals surface area contributed by atoms with Crippen LogP contribution in [-0.4, -0.2) is 30.3 Å². The van der Waals surface area contributed by atoms with Gasteiger partial charge in [-0.3, -0.25) is 0 Å². The number of anilines is 1. The third kappa shape index (κ3) is 2.81. The van der Waals surface area contributed by atoms with Crippen LogP contribution in [0.15, 0.2) is 18.2 Å². The summed E-state index contributed by atoms with van der Waals surface area (Å²) in [5.74, 6) is 0. The van der Waals surface area contributed by atoms with Crippen molar-refractivity contribution in [2.75, 3.05) is 25.1 Å². The lowest BCUT2D eigenvalue weighted by atomic mass is 10.1. The van der Waals surface area contributed by atoms with Gasteiger partial charge in [-0.05, 0) is 12.1 Å². The second-order valence-corrected chi connectivity index (χ2v) is 3.99. The molecule has 1 aromatic rings. The number of nitrogens with zero attached hydrogens (tertiary/aromatic N) is 1. The molecule has 0 aliphatic heterocycles. The largest absolute Gasteiger partial charge is 0.395 e. The van der Waals surface area contributed by atoms with E-state index in [-0.39, 0.29) is 11.6 Å². The van der Waals surface area contributed by atoms with E-state index in [0.717, 1.165) is 5.69 Å². The molecule has 0 aromatic heterocycles. The Labute approximate surface area is 99.4 Å². The van der Waals surface area contributed by atoms with E-state index in [0.29, 0.717) is 17.1 Å². The van der Waals surface area contributed by atoms with E-state index in [1.165, 1.54) is 0 Å². The Balaban J connectivity index is 3.16. The van der Waals surface area contributed by atoms with Crippen molar-refractivity contribution >= 4 is 34.5 Å².